The zero-order chi connectivity index (χ0) is 19.6. The van der Waals surface area contributed by atoms with E-state index in [-0.39, 0.29) is 35.8 Å². The molecule has 0 radical (unpaired) electrons. The number of pyridine rings is 1. The van der Waals surface area contributed by atoms with Crippen LogP contribution in [0.5, 0.6) is 0 Å². The zero-order valence-electron chi connectivity index (χ0n) is 15.5. The highest BCUT2D eigenvalue weighted by Crippen LogP contribution is 2.22. The molecule has 1 N–H and O–H groups in total. The molecule has 1 aromatic carbocycles. The molecule has 2 heterocycles. The summed E-state index contributed by atoms with van der Waals surface area (Å²) in [5.74, 6) is 0.0120. The van der Waals surface area contributed by atoms with Crippen LogP contribution in [0.15, 0.2) is 47.4 Å². The van der Waals surface area contributed by atoms with Gasteiger partial charge in [-0.25, -0.2) is 13.4 Å². The SMILES string of the molecule is Cc1cccc(NC(=O)c2cccc(S(=O)(=O)N3C[C@H](C)O[C@@H](C)C3)c2)n1. The molecule has 1 aliphatic heterocycles. The van der Waals surface area contributed by atoms with Gasteiger partial charge in [0.1, 0.15) is 5.82 Å². The maximum absolute atomic E-state index is 13.0. The third-order valence-corrected chi connectivity index (χ3v) is 6.08. The molecule has 1 aliphatic rings. The predicted molar refractivity (Wildman–Crippen MR) is 102 cm³/mol. The van der Waals surface area contributed by atoms with Crippen molar-refractivity contribution in [3.8, 4) is 0 Å². The van der Waals surface area contributed by atoms with Crippen LogP contribution in [0.4, 0.5) is 5.82 Å². The summed E-state index contributed by atoms with van der Waals surface area (Å²) < 4.78 is 33.0. The number of anilines is 1. The van der Waals surface area contributed by atoms with Gasteiger partial charge < -0.3 is 10.1 Å². The van der Waals surface area contributed by atoms with Crippen LogP contribution in [-0.4, -0.2) is 48.9 Å². The number of aromatic nitrogens is 1. The van der Waals surface area contributed by atoms with E-state index in [1.54, 1.807) is 24.3 Å². The number of hydrogen-bond acceptors (Lipinski definition) is 5. The van der Waals surface area contributed by atoms with Gasteiger partial charge in [0.05, 0.1) is 17.1 Å². The number of ether oxygens (including phenoxy) is 1. The summed E-state index contributed by atoms with van der Waals surface area (Å²) in [7, 11) is -3.71. The van der Waals surface area contributed by atoms with Crippen molar-refractivity contribution >= 4 is 21.7 Å². The number of sulfonamides is 1. The van der Waals surface area contributed by atoms with Gasteiger partial charge in [-0.05, 0) is 51.1 Å². The molecule has 3 rings (SSSR count). The number of benzene rings is 1. The minimum Gasteiger partial charge on any atom is -0.373 e. The average Bonchev–Trinajstić information content (AvgIpc) is 2.61. The molecule has 2 aromatic rings. The first-order valence-corrected chi connectivity index (χ1v) is 10.2. The van der Waals surface area contributed by atoms with Crippen LogP contribution in [0.2, 0.25) is 0 Å². The van der Waals surface area contributed by atoms with E-state index in [0.717, 1.165) is 5.69 Å². The summed E-state index contributed by atoms with van der Waals surface area (Å²) in [5.41, 5.74) is 1.04. The van der Waals surface area contributed by atoms with E-state index in [1.165, 1.54) is 16.4 Å². The first-order chi connectivity index (χ1) is 12.8. The van der Waals surface area contributed by atoms with Crippen LogP contribution in [0, 0.1) is 6.92 Å². The van der Waals surface area contributed by atoms with Crippen LogP contribution >= 0.6 is 0 Å². The third kappa shape index (κ3) is 4.52. The van der Waals surface area contributed by atoms with Crippen molar-refractivity contribution in [2.45, 2.75) is 37.9 Å². The zero-order valence-corrected chi connectivity index (χ0v) is 16.4. The first-order valence-electron chi connectivity index (χ1n) is 8.76. The lowest BCUT2D eigenvalue weighted by Crippen LogP contribution is -2.48. The summed E-state index contributed by atoms with van der Waals surface area (Å²) in [5, 5.41) is 2.69. The Morgan fingerprint density at radius 2 is 1.81 bits per heavy atom. The van der Waals surface area contributed by atoms with E-state index in [9.17, 15) is 13.2 Å². The minimum absolute atomic E-state index is 0.0913. The second kappa shape index (κ2) is 7.75. The summed E-state index contributed by atoms with van der Waals surface area (Å²) in [4.78, 5) is 16.8. The molecular formula is C19H23N3O4S. The van der Waals surface area contributed by atoms with E-state index in [0.29, 0.717) is 5.82 Å². The maximum Gasteiger partial charge on any atom is 0.256 e. The average molecular weight is 389 g/mol. The molecule has 0 bridgehead atoms. The summed E-state index contributed by atoms with van der Waals surface area (Å²) in [6, 6.07) is 11.3. The van der Waals surface area contributed by atoms with Gasteiger partial charge in [0.15, 0.2) is 0 Å². The maximum atomic E-state index is 13.0. The van der Waals surface area contributed by atoms with Crippen LogP contribution in [0.1, 0.15) is 29.9 Å². The minimum atomic E-state index is -3.71. The van der Waals surface area contributed by atoms with Crippen LogP contribution in [-0.2, 0) is 14.8 Å². The second-order valence-corrected chi connectivity index (χ2v) is 8.66. The fraction of sp³-hybridized carbons (Fsp3) is 0.368. The lowest BCUT2D eigenvalue weighted by molar-refractivity contribution is -0.0440. The Labute approximate surface area is 159 Å². The molecule has 7 nitrogen and oxygen atoms in total. The molecule has 8 heteroatoms. The van der Waals surface area contributed by atoms with E-state index in [2.05, 4.69) is 10.3 Å². The number of carbonyl (C=O) groups is 1. The van der Waals surface area contributed by atoms with Gasteiger partial charge in [-0.2, -0.15) is 4.31 Å². The van der Waals surface area contributed by atoms with Crippen molar-refractivity contribution < 1.29 is 17.9 Å². The Hall–Kier alpha value is -2.29. The first kappa shape index (κ1) is 19.5. The molecule has 27 heavy (non-hydrogen) atoms. The number of aryl methyl sites for hydroxylation is 1. The molecule has 0 spiro atoms. The van der Waals surface area contributed by atoms with Gasteiger partial charge in [-0.1, -0.05) is 12.1 Å². The van der Waals surface area contributed by atoms with Crippen molar-refractivity contribution in [2.24, 2.45) is 0 Å². The van der Waals surface area contributed by atoms with Crippen LogP contribution in [0.25, 0.3) is 0 Å². The van der Waals surface area contributed by atoms with Gasteiger partial charge >= 0.3 is 0 Å². The molecule has 1 amide bonds. The Balaban J connectivity index is 1.83. The fourth-order valence-electron chi connectivity index (χ4n) is 3.07. The standard InChI is InChI=1S/C19H23N3O4S/c1-13-6-4-9-18(20-13)21-19(23)16-7-5-8-17(10-16)27(24,25)22-11-14(2)26-15(3)12-22/h4-10,14-15H,11-12H2,1-3H3,(H,20,21,23)/t14-,15-/m0/s1. The molecule has 1 saturated heterocycles. The van der Waals surface area contributed by atoms with Crippen molar-refractivity contribution in [3.05, 3.63) is 53.7 Å². The molecule has 0 unspecified atom stereocenters. The Bertz CT molecular complexity index is 935. The molecule has 0 aliphatic carbocycles. The van der Waals surface area contributed by atoms with E-state index < -0.39 is 15.9 Å². The predicted octanol–water partition coefficient (Wildman–Crippen LogP) is 2.44. The topological polar surface area (TPSA) is 88.6 Å². The molecular weight excluding hydrogens is 366 g/mol. The largest absolute Gasteiger partial charge is 0.373 e. The van der Waals surface area contributed by atoms with Crippen LogP contribution < -0.4 is 5.32 Å². The van der Waals surface area contributed by atoms with E-state index in [4.69, 9.17) is 4.74 Å². The summed E-state index contributed by atoms with van der Waals surface area (Å²) in [6.45, 7) is 6.09. The quantitative estimate of drug-likeness (QED) is 0.868. The van der Waals surface area contributed by atoms with Crippen molar-refractivity contribution in [1.29, 1.82) is 0 Å². The van der Waals surface area contributed by atoms with Crippen molar-refractivity contribution in [3.63, 3.8) is 0 Å². The van der Waals surface area contributed by atoms with Crippen molar-refractivity contribution in [1.82, 2.24) is 9.29 Å². The van der Waals surface area contributed by atoms with E-state index >= 15 is 0 Å². The number of amides is 1. The number of hydrogen-bond donors (Lipinski definition) is 1. The summed E-state index contributed by atoms with van der Waals surface area (Å²) in [6.07, 6.45) is -0.357. The number of carbonyl (C=O) groups excluding carboxylic acids is 1. The smallest absolute Gasteiger partial charge is 0.256 e. The highest BCUT2D eigenvalue weighted by molar-refractivity contribution is 7.89. The van der Waals surface area contributed by atoms with Gasteiger partial charge in [0.25, 0.3) is 5.91 Å². The molecule has 0 saturated carbocycles. The third-order valence-electron chi connectivity index (χ3n) is 4.25. The molecule has 144 valence electrons. The van der Waals surface area contributed by atoms with Gasteiger partial charge in [0.2, 0.25) is 10.0 Å². The lowest BCUT2D eigenvalue weighted by Gasteiger charge is -2.34. The molecule has 1 fully saturated rings. The molecule has 1 aromatic heterocycles. The normalized spacial score (nSPS) is 21.0. The number of nitrogens with zero attached hydrogens (tertiary/aromatic N) is 2. The Kier molecular flexibility index (Phi) is 5.59. The van der Waals surface area contributed by atoms with E-state index in [1.807, 2.05) is 26.8 Å². The summed E-state index contributed by atoms with van der Waals surface area (Å²) >= 11 is 0. The van der Waals surface area contributed by atoms with Gasteiger partial charge in [-0.15, -0.1) is 0 Å². The highest BCUT2D eigenvalue weighted by atomic mass is 32.2. The molecule has 2 atom stereocenters. The lowest BCUT2D eigenvalue weighted by atomic mass is 10.2. The number of nitrogens with one attached hydrogen (secondary N) is 1. The Morgan fingerprint density at radius 1 is 1.15 bits per heavy atom. The number of rotatable bonds is 4. The van der Waals surface area contributed by atoms with Crippen LogP contribution in [0.3, 0.4) is 0 Å². The van der Waals surface area contributed by atoms with Gasteiger partial charge in [-0.3, -0.25) is 4.79 Å². The number of morpholine rings is 1. The van der Waals surface area contributed by atoms with Gasteiger partial charge in [0, 0.05) is 24.3 Å². The van der Waals surface area contributed by atoms with Crippen molar-refractivity contribution in [2.75, 3.05) is 18.4 Å². The fourth-order valence-corrected chi connectivity index (χ4v) is 4.71. The Morgan fingerprint density at radius 3 is 2.48 bits per heavy atom. The highest BCUT2D eigenvalue weighted by Gasteiger charge is 2.32. The monoisotopic (exact) mass is 389 g/mol. The second-order valence-electron chi connectivity index (χ2n) is 6.73.